The van der Waals surface area contributed by atoms with E-state index in [9.17, 15) is 9.59 Å². The molecule has 28 heavy (non-hydrogen) atoms. The molecule has 4 rings (SSSR count). The van der Waals surface area contributed by atoms with Crippen molar-refractivity contribution in [3.8, 4) is 0 Å². The Hall–Kier alpha value is -1.69. The van der Waals surface area contributed by atoms with E-state index in [2.05, 4.69) is 0 Å². The highest BCUT2D eigenvalue weighted by atomic mass is 35.5. The van der Waals surface area contributed by atoms with Crippen molar-refractivity contribution in [3.05, 3.63) is 69.7 Å². The number of halogens is 2. The maximum atomic E-state index is 13.1. The summed E-state index contributed by atoms with van der Waals surface area (Å²) in [7, 11) is 0. The van der Waals surface area contributed by atoms with Gasteiger partial charge in [-0.1, -0.05) is 35.3 Å². The average molecular weight is 435 g/mol. The predicted octanol–water partition coefficient (Wildman–Crippen LogP) is 4.81. The van der Waals surface area contributed by atoms with Crippen molar-refractivity contribution < 1.29 is 9.59 Å². The van der Waals surface area contributed by atoms with E-state index < -0.39 is 0 Å². The minimum absolute atomic E-state index is 0.00642. The first kappa shape index (κ1) is 19.6. The van der Waals surface area contributed by atoms with Crippen molar-refractivity contribution in [3.63, 3.8) is 0 Å². The molecule has 0 atom stereocenters. The van der Waals surface area contributed by atoms with Crippen molar-refractivity contribution in [2.24, 2.45) is 0 Å². The van der Waals surface area contributed by atoms with E-state index in [1.54, 1.807) is 42.5 Å². The summed E-state index contributed by atoms with van der Waals surface area (Å²) in [6.45, 7) is 1.97. The molecule has 2 fully saturated rings. The molecule has 2 aliphatic heterocycles. The van der Waals surface area contributed by atoms with Crippen LogP contribution >= 0.6 is 35.0 Å². The zero-order valence-electron chi connectivity index (χ0n) is 15.2. The number of likely N-dealkylation sites (tertiary alicyclic amines) is 1. The Balaban J connectivity index is 1.48. The molecule has 0 N–H and O–H groups in total. The van der Waals surface area contributed by atoms with Gasteiger partial charge in [-0.05, 0) is 49.2 Å². The third kappa shape index (κ3) is 3.76. The Kier molecular flexibility index (Phi) is 5.59. The second-order valence-electron chi connectivity index (χ2n) is 7.06. The maximum Gasteiger partial charge on any atom is 0.255 e. The predicted molar refractivity (Wildman–Crippen MR) is 114 cm³/mol. The van der Waals surface area contributed by atoms with Gasteiger partial charge in [-0.3, -0.25) is 9.59 Å². The van der Waals surface area contributed by atoms with E-state index in [0.717, 1.165) is 25.1 Å². The van der Waals surface area contributed by atoms with E-state index in [1.807, 2.05) is 27.6 Å². The Labute approximate surface area is 178 Å². The number of hydrogen-bond donors (Lipinski definition) is 0. The monoisotopic (exact) mass is 434 g/mol. The summed E-state index contributed by atoms with van der Waals surface area (Å²) in [4.78, 5) is 29.5. The standard InChI is InChI=1S/C21H20Cl2N2O2S/c22-17-5-1-3-15(13-17)19(26)24-9-7-21(8-10-24)25(11-12-28-21)20(27)16-4-2-6-18(23)14-16/h1-6,13-14H,7-12H2. The molecule has 0 saturated carbocycles. The molecule has 0 bridgehead atoms. The van der Waals surface area contributed by atoms with Gasteiger partial charge in [0.15, 0.2) is 0 Å². The Bertz CT molecular complexity index is 913. The van der Waals surface area contributed by atoms with Gasteiger partial charge < -0.3 is 9.80 Å². The fraction of sp³-hybridized carbons (Fsp3) is 0.333. The number of rotatable bonds is 2. The first-order valence-electron chi connectivity index (χ1n) is 9.25. The molecule has 0 radical (unpaired) electrons. The van der Waals surface area contributed by atoms with Crippen molar-refractivity contribution >= 4 is 46.8 Å². The summed E-state index contributed by atoms with van der Waals surface area (Å²) in [6.07, 6.45) is 1.52. The van der Waals surface area contributed by atoms with Crippen molar-refractivity contribution in [2.75, 3.05) is 25.4 Å². The fourth-order valence-electron chi connectivity index (χ4n) is 3.95. The van der Waals surface area contributed by atoms with Crippen LogP contribution in [0.15, 0.2) is 48.5 Å². The minimum Gasteiger partial charge on any atom is -0.338 e. The van der Waals surface area contributed by atoms with Gasteiger partial charge >= 0.3 is 0 Å². The van der Waals surface area contributed by atoms with Crippen LogP contribution in [0.1, 0.15) is 33.6 Å². The molecule has 4 nitrogen and oxygen atoms in total. The molecule has 2 aromatic rings. The number of amides is 2. The summed E-state index contributed by atoms with van der Waals surface area (Å²) in [5, 5.41) is 1.12. The lowest BCUT2D eigenvalue weighted by Gasteiger charge is -2.44. The SMILES string of the molecule is O=C(c1cccc(Cl)c1)N1CCC2(CC1)SCCN2C(=O)c1cccc(Cl)c1. The van der Waals surface area contributed by atoms with Crippen LogP contribution in [-0.4, -0.2) is 51.9 Å². The second-order valence-corrected chi connectivity index (χ2v) is 9.39. The topological polar surface area (TPSA) is 40.6 Å². The molecular weight excluding hydrogens is 415 g/mol. The third-order valence-electron chi connectivity index (χ3n) is 5.40. The van der Waals surface area contributed by atoms with Crippen LogP contribution in [0.3, 0.4) is 0 Å². The van der Waals surface area contributed by atoms with Gasteiger partial charge in [0.25, 0.3) is 11.8 Å². The largest absolute Gasteiger partial charge is 0.338 e. The molecule has 7 heteroatoms. The zero-order valence-corrected chi connectivity index (χ0v) is 17.6. The summed E-state index contributed by atoms with van der Waals surface area (Å²) in [5.41, 5.74) is 1.22. The van der Waals surface area contributed by atoms with E-state index in [-0.39, 0.29) is 16.7 Å². The smallest absolute Gasteiger partial charge is 0.255 e. The molecule has 146 valence electrons. The molecule has 2 saturated heterocycles. The fourth-order valence-corrected chi connectivity index (χ4v) is 5.79. The molecule has 2 amide bonds. The minimum atomic E-state index is -0.246. The number of carbonyl (C=O) groups excluding carboxylic acids is 2. The van der Waals surface area contributed by atoms with Crippen LogP contribution in [-0.2, 0) is 0 Å². The number of piperidine rings is 1. The van der Waals surface area contributed by atoms with Crippen molar-refractivity contribution in [2.45, 2.75) is 17.7 Å². The first-order valence-corrected chi connectivity index (χ1v) is 11.0. The second kappa shape index (κ2) is 7.97. The van der Waals surface area contributed by atoms with Gasteiger partial charge in [-0.15, -0.1) is 11.8 Å². The van der Waals surface area contributed by atoms with Gasteiger partial charge in [-0.2, -0.15) is 0 Å². The van der Waals surface area contributed by atoms with Gasteiger partial charge in [0.2, 0.25) is 0 Å². The molecule has 1 spiro atoms. The van der Waals surface area contributed by atoms with Crippen molar-refractivity contribution in [1.29, 1.82) is 0 Å². The quantitative estimate of drug-likeness (QED) is 0.680. The number of benzene rings is 2. The highest BCUT2D eigenvalue weighted by molar-refractivity contribution is 8.00. The van der Waals surface area contributed by atoms with Crippen LogP contribution in [0, 0.1) is 0 Å². The van der Waals surface area contributed by atoms with Gasteiger partial charge in [0, 0.05) is 46.6 Å². The summed E-state index contributed by atoms with van der Waals surface area (Å²) in [5.74, 6) is 0.921. The summed E-state index contributed by atoms with van der Waals surface area (Å²) >= 11 is 13.9. The molecule has 2 heterocycles. The highest BCUT2D eigenvalue weighted by Gasteiger charge is 2.47. The number of nitrogens with zero attached hydrogens (tertiary/aromatic N) is 2. The highest BCUT2D eigenvalue weighted by Crippen LogP contribution is 2.44. The van der Waals surface area contributed by atoms with Gasteiger partial charge in [0.05, 0.1) is 4.87 Å². The number of hydrogen-bond acceptors (Lipinski definition) is 3. The van der Waals surface area contributed by atoms with Crippen LogP contribution < -0.4 is 0 Å². The number of carbonyl (C=O) groups is 2. The molecule has 2 aromatic carbocycles. The van der Waals surface area contributed by atoms with Crippen molar-refractivity contribution in [1.82, 2.24) is 9.80 Å². The number of thioether (sulfide) groups is 1. The lowest BCUT2D eigenvalue weighted by atomic mass is 10.00. The molecular formula is C21H20Cl2N2O2S. The van der Waals surface area contributed by atoms with Crippen LogP contribution in [0.5, 0.6) is 0 Å². The molecule has 0 unspecified atom stereocenters. The summed E-state index contributed by atoms with van der Waals surface area (Å²) in [6, 6.07) is 14.1. The average Bonchev–Trinajstić information content (AvgIpc) is 3.10. The third-order valence-corrected chi connectivity index (χ3v) is 7.42. The van der Waals surface area contributed by atoms with E-state index in [4.69, 9.17) is 23.2 Å². The molecule has 0 aromatic heterocycles. The van der Waals surface area contributed by atoms with E-state index in [1.165, 1.54) is 0 Å². The first-order chi connectivity index (χ1) is 13.5. The maximum absolute atomic E-state index is 13.1. The Morgan fingerprint density at radius 3 is 2.00 bits per heavy atom. The lowest BCUT2D eigenvalue weighted by Crippen LogP contribution is -2.53. The lowest BCUT2D eigenvalue weighted by molar-refractivity contribution is 0.0498. The summed E-state index contributed by atoms with van der Waals surface area (Å²) < 4.78 is 0. The van der Waals surface area contributed by atoms with Gasteiger partial charge in [0.1, 0.15) is 0 Å². The zero-order chi connectivity index (χ0) is 19.7. The Morgan fingerprint density at radius 2 is 1.43 bits per heavy atom. The Morgan fingerprint density at radius 1 is 0.857 bits per heavy atom. The normalized spacial score (nSPS) is 18.5. The molecule has 2 aliphatic rings. The van der Waals surface area contributed by atoms with Crippen LogP contribution in [0.2, 0.25) is 10.0 Å². The van der Waals surface area contributed by atoms with E-state index in [0.29, 0.717) is 34.3 Å². The van der Waals surface area contributed by atoms with Crippen LogP contribution in [0.25, 0.3) is 0 Å². The van der Waals surface area contributed by atoms with E-state index >= 15 is 0 Å². The van der Waals surface area contributed by atoms with Crippen LogP contribution in [0.4, 0.5) is 0 Å². The van der Waals surface area contributed by atoms with Gasteiger partial charge in [-0.25, -0.2) is 0 Å². The molecule has 0 aliphatic carbocycles.